The van der Waals surface area contributed by atoms with Gasteiger partial charge in [-0.25, -0.2) is 0 Å². The standard InChI is InChI=1S/C16H17NO2/c1-11-5-3-8-14-16(11)19-15(10-17-14)12-6-4-7-13(9-12)18-2/h3-9,15,17H,10H2,1-2H3. The molecule has 0 radical (unpaired) electrons. The number of benzene rings is 2. The van der Waals surface area contributed by atoms with E-state index in [1.54, 1.807) is 7.11 Å². The zero-order chi connectivity index (χ0) is 13.2. The number of nitrogens with one attached hydrogen (secondary N) is 1. The summed E-state index contributed by atoms with van der Waals surface area (Å²) in [7, 11) is 1.68. The Morgan fingerprint density at radius 2 is 2.05 bits per heavy atom. The quantitative estimate of drug-likeness (QED) is 0.890. The molecule has 1 heterocycles. The van der Waals surface area contributed by atoms with E-state index in [0.29, 0.717) is 0 Å². The van der Waals surface area contributed by atoms with Crippen molar-refractivity contribution < 1.29 is 9.47 Å². The van der Waals surface area contributed by atoms with Gasteiger partial charge in [0.25, 0.3) is 0 Å². The zero-order valence-corrected chi connectivity index (χ0v) is 11.1. The number of rotatable bonds is 2. The first kappa shape index (κ1) is 11.9. The summed E-state index contributed by atoms with van der Waals surface area (Å²) in [6.07, 6.45) is 0.0173. The summed E-state index contributed by atoms with van der Waals surface area (Å²) < 4.78 is 11.4. The fourth-order valence-electron chi connectivity index (χ4n) is 2.36. The average Bonchev–Trinajstić information content (AvgIpc) is 2.47. The highest BCUT2D eigenvalue weighted by molar-refractivity contribution is 5.61. The Bertz CT molecular complexity index is 595. The highest BCUT2D eigenvalue weighted by atomic mass is 16.5. The molecule has 0 saturated heterocycles. The minimum absolute atomic E-state index is 0.0173. The molecular formula is C16H17NO2. The van der Waals surface area contributed by atoms with Gasteiger partial charge in [0, 0.05) is 0 Å². The van der Waals surface area contributed by atoms with Gasteiger partial charge in [-0.3, -0.25) is 0 Å². The third-order valence-corrected chi connectivity index (χ3v) is 3.42. The van der Waals surface area contributed by atoms with E-state index in [0.717, 1.165) is 34.9 Å². The van der Waals surface area contributed by atoms with E-state index in [9.17, 15) is 0 Å². The molecule has 0 amide bonds. The van der Waals surface area contributed by atoms with Crippen LogP contribution in [0, 0.1) is 6.92 Å². The lowest BCUT2D eigenvalue weighted by Crippen LogP contribution is -2.24. The van der Waals surface area contributed by atoms with E-state index in [4.69, 9.17) is 9.47 Å². The summed E-state index contributed by atoms with van der Waals surface area (Å²) in [6, 6.07) is 14.2. The van der Waals surface area contributed by atoms with Gasteiger partial charge in [0.15, 0.2) is 0 Å². The van der Waals surface area contributed by atoms with Crippen LogP contribution in [0.1, 0.15) is 17.2 Å². The van der Waals surface area contributed by atoms with Gasteiger partial charge in [-0.2, -0.15) is 0 Å². The van der Waals surface area contributed by atoms with Gasteiger partial charge in [-0.1, -0.05) is 24.3 Å². The number of hydrogen-bond donors (Lipinski definition) is 1. The number of anilines is 1. The largest absolute Gasteiger partial charge is 0.497 e. The van der Waals surface area contributed by atoms with Crippen LogP contribution in [-0.4, -0.2) is 13.7 Å². The average molecular weight is 255 g/mol. The normalized spacial score (nSPS) is 17.1. The van der Waals surface area contributed by atoms with E-state index in [1.807, 2.05) is 30.3 Å². The topological polar surface area (TPSA) is 30.5 Å². The molecule has 2 aromatic rings. The first-order valence-electron chi connectivity index (χ1n) is 6.42. The molecule has 19 heavy (non-hydrogen) atoms. The van der Waals surface area contributed by atoms with E-state index in [-0.39, 0.29) is 6.10 Å². The Balaban J connectivity index is 1.91. The van der Waals surface area contributed by atoms with Crippen molar-refractivity contribution in [2.24, 2.45) is 0 Å². The molecular weight excluding hydrogens is 238 g/mol. The highest BCUT2D eigenvalue weighted by Crippen LogP contribution is 2.37. The fraction of sp³-hybridized carbons (Fsp3) is 0.250. The second-order valence-electron chi connectivity index (χ2n) is 4.72. The zero-order valence-electron chi connectivity index (χ0n) is 11.1. The van der Waals surface area contributed by atoms with Crippen molar-refractivity contribution in [3.8, 4) is 11.5 Å². The SMILES string of the molecule is COc1cccc(C2CNc3cccc(C)c3O2)c1. The van der Waals surface area contributed by atoms with Crippen LogP contribution in [0.4, 0.5) is 5.69 Å². The Labute approximate surface area is 113 Å². The van der Waals surface area contributed by atoms with Crippen molar-refractivity contribution in [2.75, 3.05) is 19.0 Å². The summed E-state index contributed by atoms with van der Waals surface area (Å²) in [5.41, 5.74) is 3.34. The second-order valence-corrected chi connectivity index (χ2v) is 4.72. The van der Waals surface area contributed by atoms with Crippen molar-refractivity contribution >= 4 is 5.69 Å². The summed E-state index contributed by atoms with van der Waals surface area (Å²) in [4.78, 5) is 0. The number of fused-ring (bicyclic) bond motifs is 1. The summed E-state index contributed by atoms with van der Waals surface area (Å²) >= 11 is 0. The Morgan fingerprint density at radius 1 is 1.21 bits per heavy atom. The van der Waals surface area contributed by atoms with Gasteiger partial charge in [0.2, 0.25) is 0 Å². The van der Waals surface area contributed by atoms with Gasteiger partial charge in [0.05, 0.1) is 19.3 Å². The summed E-state index contributed by atoms with van der Waals surface area (Å²) in [6.45, 7) is 2.83. The van der Waals surface area contributed by atoms with Crippen LogP contribution >= 0.6 is 0 Å². The highest BCUT2D eigenvalue weighted by Gasteiger charge is 2.22. The van der Waals surface area contributed by atoms with E-state index < -0.39 is 0 Å². The fourth-order valence-corrected chi connectivity index (χ4v) is 2.36. The summed E-state index contributed by atoms with van der Waals surface area (Å²) in [5, 5.41) is 3.42. The molecule has 0 aromatic heterocycles. The number of para-hydroxylation sites is 1. The maximum Gasteiger partial charge on any atom is 0.146 e. The van der Waals surface area contributed by atoms with Gasteiger partial charge in [-0.15, -0.1) is 0 Å². The number of methoxy groups -OCH3 is 1. The molecule has 0 bridgehead atoms. The van der Waals surface area contributed by atoms with Crippen molar-refractivity contribution in [1.29, 1.82) is 0 Å². The summed E-state index contributed by atoms with van der Waals surface area (Å²) in [5.74, 6) is 1.80. The predicted molar refractivity (Wildman–Crippen MR) is 76.0 cm³/mol. The molecule has 0 aliphatic carbocycles. The molecule has 2 aromatic carbocycles. The predicted octanol–water partition coefficient (Wildman–Crippen LogP) is 3.55. The van der Waals surface area contributed by atoms with Crippen LogP contribution in [0.5, 0.6) is 11.5 Å². The molecule has 1 unspecified atom stereocenters. The Morgan fingerprint density at radius 3 is 2.89 bits per heavy atom. The van der Waals surface area contributed by atoms with Crippen LogP contribution in [0.3, 0.4) is 0 Å². The van der Waals surface area contributed by atoms with E-state index >= 15 is 0 Å². The first-order valence-corrected chi connectivity index (χ1v) is 6.42. The van der Waals surface area contributed by atoms with Gasteiger partial charge in [-0.05, 0) is 36.2 Å². The number of hydrogen-bond acceptors (Lipinski definition) is 3. The molecule has 1 atom stereocenters. The molecule has 3 rings (SSSR count). The lowest BCUT2D eigenvalue weighted by molar-refractivity contribution is 0.208. The van der Waals surface area contributed by atoms with Gasteiger partial charge >= 0.3 is 0 Å². The van der Waals surface area contributed by atoms with Crippen LogP contribution in [-0.2, 0) is 0 Å². The van der Waals surface area contributed by atoms with Crippen molar-refractivity contribution in [1.82, 2.24) is 0 Å². The molecule has 3 nitrogen and oxygen atoms in total. The third-order valence-electron chi connectivity index (χ3n) is 3.42. The van der Waals surface area contributed by atoms with Crippen LogP contribution < -0.4 is 14.8 Å². The van der Waals surface area contributed by atoms with E-state index in [1.165, 1.54) is 0 Å². The van der Waals surface area contributed by atoms with Gasteiger partial charge < -0.3 is 14.8 Å². The molecule has 98 valence electrons. The van der Waals surface area contributed by atoms with E-state index in [2.05, 4.69) is 24.4 Å². The molecule has 1 aliphatic rings. The second kappa shape index (κ2) is 4.84. The maximum absolute atomic E-state index is 6.13. The minimum atomic E-state index is 0.0173. The van der Waals surface area contributed by atoms with Crippen LogP contribution in [0.25, 0.3) is 0 Å². The molecule has 3 heteroatoms. The Kier molecular flexibility index (Phi) is 3.03. The molecule has 0 saturated carbocycles. The van der Waals surface area contributed by atoms with Crippen LogP contribution in [0.2, 0.25) is 0 Å². The molecule has 0 fully saturated rings. The van der Waals surface area contributed by atoms with Crippen molar-refractivity contribution in [3.63, 3.8) is 0 Å². The molecule has 0 spiro atoms. The molecule has 1 N–H and O–H groups in total. The lowest BCUT2D eigenvalue weighted by Gasteiger charge is -2.29. The van der Waals surface area contributed by atoms with Crippen LogP contribution in [0.15, 0.2) is 42.5 Å². The monoisotopic (exact) mass is 255 g/mol. The van der Waals surface area contributed by atoms with Crippen molar-refractivity contribution in [2.45, 2.75) is 13.0 Å². The third kappa shape index (κ3) is 2.24. The van der Waals surface area contributed by atoms with Crippen molar-refractivity contribution in [3.05, 3.63) is 53.6 Å². The van der Waals surface area contributed by atoms with Gasteiger partial charge in [0.1, 0.15) is 17.6 Å². The Hall–Kier alpha value is -2.16. The lowest BCUT2D eigenvalue weighted by atomic mass is 10.1. The maximum atomic E-state index is 6.13. The molecule has 1 aliphatic heterocycles. The number of aryl methyl sites for hydroxylation is 1. The first-order chi connectivity index (χ1) is 9.28. The number of ether oxygens (including phenoxy) is 2. The minimum Gasteiger partial charge on any atom is -0.497 e. The smallest absolute Gasteiger partial charge is 0.146 e.